The van der Waals surface area contributed by atoms with Crippen LogP contribution in [0.2, 0.25) is 0 Å². The normalized spacial score (nSPS) is 14.3. The van der Waals surface area contributed by atoms with Crippen molar-refractivity contribution in [2.45, 2.75) is 46.5 Å². The molecule has 41 heavy (non-hydrogen) atoms. The van der Waals surface area contributed by atoms with Crippen molar-refractivity contribution in [1.29, 1.82) is 0 Å². The van der Waals surface area contributed by atoms with E-state index >= 15 is 0 Å². The van der Waals surface area contributed by atoms with Gasteiger partial charge in [-0.2, -0.15) is 0 Å². The molecule has 0 spiro atoms. The fraction of sp³-hybridized carbons (Fsp3) is 0.250. The van der Waals surface area contributed by atoms with Gasteiger partial charge in [0.2, 0.25) is 0 Å². The third-order valence-corrected chi connectivity index (χ3v) is 6.67. The number of carbonyl (C=O) groups excluding carboxylic acids is 1. The highest BCUT2D eigenvalue weighted by Gasteiger charge is 2.42. The number of aromatic hydroxyl groups is 1. The predicted octanol–water partition coefficient (Wildman–Crippen LogP) is 8.48. The molecule has 0 saturated carbocycles. The molecule has 0 aromatic heterocycles. The van der Waals surface area contributed by atoms with Gasteiger partial charge in [-0.25, -0.2) is 4.79 Å². The molecule has 0 saturated heterocycles. The minimum absolute atomic E-state index is 0.191. The lowest BCUT2D eigenvalue weighted by atomic mass is 9.71. The summed E-state index contributed by atoms with van der Waals surface area (Å²) in [4.78, 5) is 12.8. The van der Waals surface area contributed by atoms with Crippen molar-refractivity contribution >= 4 is 24.2 Å². The van der Waals surface area contributed by atoms with Crippen LogP contribution in [0.3, 0.4) is 0 Å². The number of phenols is 1. The van der Waals surface area contributed by atoms with E-state index in [2.05, 4.69) is 6.58 Å². The van der Waals surface area contributed by atoms with E-state index in [1.54, 1.807) is 19.1 Å². The maximum atomic E-state index is 12.8. The summed E-state index contributed by atoms with van der Waals surface area (Å²) in [6, 6.07) is 24.6. The lowest BCUT2D eigenvalue weighted by Crippen LogP contribution is -2.43. The van der Waals surface area contributed by atoms with Crippen LogP contribution in [0.4, 0.5) is 0 Å². The third-order valence-electron chi connectivity index (χ3n) is 6.67. The molecule has 214 valence electrons. The Labute approximate surface area is 244 Å². The van der Waals surface area contributed by atoms with Crippen LogP contribution in [-0.2, 0) is 14.3 Å². The van der Waals surface area contributed by atoms with Gasteiger partial charge in [-0.1, -0.05) is 97.6 Å². The molecule has 3 rings (SSSR count). The minimum atomic E-state index is -1.02. The second-order valence-electron chi connectivity index (χ2n) is 10.3. The zero-order valence-electron chi connectivity index (χ0n) is 24.5. The number of carbonyl (C=O) groups is 1. The molecule has 2 atom stereocenters. The van der Waals surface area contributed by atoms with Gasteiger partial charge < -0.3 is 19.3 Å². The minimum Gasteiger partial charge on any atom is -0.508 e. The SMILES string of the molecule is C=C(C)C(=O)OC(C)(C)C(C=Cc1ccccc1)(C=Cc1ccc(O)cc1)C=Cc1ccc(OC(C)OCC)cc1. The highest BCUT2D eigenvalue weighted by molar-refractivity contribution is 5.87. The summed E-state index contributed by atoms with van der Waals surface area (Å²) < 4.78 is 17.4. The summed E-state index contributed by atoms with van der Waals surface area (Å²) in [6.07, 6.45) is 11.7. The van der Waals surface area contributed by atoms with Crippen LogP contribution in [0.1, 0.15) is 51.3 Å². The maximum absolute atomic E-state index is 12.8. The van der Waals surface area contributed by atoms with Crippen LogP contribution < -0.4 is 4.74 Å². The quantitative estimate of drug-likeness (QED) is 0.131. The molecule has 0 aliphatic carbocycles. The standard InChI is InChI=1S/C36H40O5/c1-7-39-28(4)40-33-19-15-31(16-20-33)23-26-36(24-21-29-11-9-8-10-12-29,35(5,6)41-34(38)27(2)3)25-22-30-13-17-32(37)18-14-30/h8-26,28,37H,2,7H2,1,3-6H3. The van der Waals surface area contributed by atoms with Crippen LogP contribution >= 0.6 is 0 Å². The summed E-state index contributed by atoms with van der Waals surface area (Å²) in [5, 5.41) is 9.75. The van der Waals surface area contributed by atoms with E-state index in [0.717, 1.165) is 16.7 Å². The zero-order valence-corrected chi connectivity index (χ0v) is 24.5. The highest BCUT2D eigenvalue weighted by atomic mass is 16.7. The number of phenolic OH excluding ortho intramolecular Hbond substituents is 1. The van der Waals surface area contributed by atoms with E-state index in [9.17, 15) is 9.90 Å². The number of esters is 1. The second-order valence-corrected chi connectivity index (χ2v) is 10.3. The number of rotatable bonds is 13. The molecule has 3 aromatic carbocycles. The summed E-state index contributed by atoms with van der Waals surface area (Å²) >= 11 is 0. The summed E-state index contributed by atoms with van der Waals surface area (Å²) in [7, 11) is 0. The Morgan fingerprint density at radius 2 is 1.34 bits per heavy atom. The van der Waals surface area contributed by atoms with Crippen molar-refractivity contribution in [2.24, 2.45) is 5.41 Å². The topological polar surface area (TPSA) is 65.0 Å². The molecule has 1 N–H and O–H groups in total. The molecular weight excluding hydrogens is 512 g/mol. The van der Waals surface area contributed by atoms with Gasteiger partial charge in [0.15, 0.2) is 6.29 Å². The van der Waals surface area contributed by atoms with Gasteiger partial charge in [-0.3, -0.25) is 0 Å². The molecule has 0 aliphatic rings. The smallest absolute Gasteiger partial charge is 0.333 e. The van der Waals surface area contributed by atoms with Crippen molar-refractivity contribution in [1.82, 2.24) is 0 Å². The number of ether oxygens (including phenoxy) is 3. The first kappa shape index (κ1) is 31.2. The largest absolute Gasteiger partial charge is 0.508 e. The molecule has 0 amide bonds. The van der Waals surface area contributed by atoms with Crippen molar-refractivity contribution in [3.8, 4) is 11.5 Å². The van der Waals surface area contributed by atoms with Crippen molar-refractivity contribution < 1.29 is 24.1 Å². The van der Waals surface area contributed by atoms with Crippen molar-refractivity contribution in [3.63, 3.8) is 0 Å². The van der Waals surface area contributed by atoms with Gasteiger partial charge in [0.1, 0.15) is 17.1 Å². The summed E-state index contributed by atoms with van der Waals surface area (Å²) in [5.74, 6) is 0.432. The molecule has 3 aromatic rings. The third kappa shape index (κ3) is 9.09. The predicted molar refractivity (Wildman–Crippen MR) is 167 cm³/mol. The fourth-order valence-corrected chi connectivity index (χ4v) is 4.15. The molecule has 0 fully saturated rings. The van der Waals surface area contributed by atoms with Gasteiger partial charge in [-0.05, 0) is 75.6 Å². The van der Waals surface area contributed by atoms with Crippen molar-refractivity contribution in [2.75, 3.05) is 6.61 Å². The van der Waals surface area contributed by atoms with Gasteiger partial charge in [0.05, 0.1) is 5.41 Å². The van der Waals surface area contributed by atoms with E-state index in [1.165, 1.54) is 0 Å². The number of benzene rings is 3. The fourth-order valence-electron chi connectivity index (χ4n) is 4.15. The Bertz CT molecular complexity index is 1370. The van der Waals surface area contributed by atoms with E-state index in [-0.39, 0.29) is 12.0 Å². The van der Waals surface area contributed by atoms with Crippen LogP contribution in [-0.4, -0.2) is 29.6 Å². The Kier molecular flexibility index (Phi) is 10.9. The molecule has 0 radical (unpaired) electrons. The molecular formula is C36H40O5. The molecule has 5 nitrogen and oxygen atoms in total. The Morgan fingerprint density at radius 3 is 1.83 bits per heavy atom. The van der Waals surface area contributed by atoms with E-state index < -0.39 is 17.0 Å². The van der Waals surface area contributed by atoms with Crippen LogP contribution in [0, 0.1) is 5.41 Å². The number of hydrogen-bond donors (Lipinski definition) is 1. The van der Waals surface area contributed by atoms with Crippen LogP contribution in [0.15, 0.2) is 109 Å². The van der Waals surface area contributed by atoms with Gasteiger partial charge >= 0.3 is 5.97 Å². The maximum Gasteiger partial charge on any atom is 0.333 e. The first-order valence-electron chi connectivity index (χ1n) is 13.7. The van der Waals surface area contributed by atoms with E-state index in [1.807, 2.05) is 131 Å². The average molecular weight is 553 g/mol. The zero-order chi connectivity index (χ0) is 29.9. The van der Waals surface area contributed by atoms with Gasteiger partial charge in [0.25, 0.3) is 0 Å². The molecule has 0 bridgehead atoms. The van der Waals surface area contributed by atoms with Crippen LogP contribution in [0.25, 0.3) is 18.2 Å². The average Bonchev–Trinajstić information content (AvgIpc) is 2.94. The first-order valence-corrected chi connectivity index (χ1v) is 13.7. The van der Waals surface area contributed by atoms with Crippen LogP contribution in [0.5, 0.6) is 11.5 Å². The lowest BCUT2D eigenvalue weighted by Gasteiger charge is -2.40. The van der Waals surface area contributed by atoms with E-state index in [0.29, 0.717) is 17.9 Å². The highest BCUT2D eigenvalue weighted by Crippen LogP contribution is 2.42. The van der Waals surface area contributed by atoms with Gasteiger partial charge in [0, 0.05) is 12.2 Å². The van der Waals surface area contributed by atoms with Crippen molar-refractivity contribution in [3.05, 3.63) is 126 Å². The number of hydrogen-bond acceptors (Lipinski definition) is 5. The van der Waals surface area contributed by atoms with Gasteiger partial charge in [-0.15, -0.1) is 0 Å². The molecule has 0 heterocycles. The lowest BCUT2D eigenvalue weighted by molar-refractivity contribution is -0.156. The summed E-state index contributed by atoms with van der Waals surface area (Å²) in [6.45, 7) is 13.6. The summed E-state index contributed by atoms with van der Waals surface area (Å²) in [5.41, 5.74) is 1.26. The molecule has 0 aliphatic heterocycles. The first-order chi connectivity index (χ1) is 19.5. The van der Waals surface area contributed by atoms with E-state index in [4.69, 9.17) is 14.2 Å². The second kappa shape index (κ2) is 14.3. The molecule has 5 heteroatoms. The Hall–Kier alpha value is -4.35. The molecule has 2 unspecified atom stereocenters. The Morgan fingerprint density at radius 1 is 0.854 bits per heavy atom. The Balaban J connectivity index is 2.10. The monoisotopic (exact) mass is 552 g/mol.